The van der Waals surface area contributed by atoms with Gasteiger partial charge in [-0.1, -0.05) is 6.07 Å². The van der Waals surface area contributed by atoms with Crippen LogP contribution in [0.15, 0.2) is 6.07 Å². The van der Waals surface area contributed by atoms with E-state index < -0.39 is 0 Å². The Balaban J connectivity index is 3.26. The molecule has 72 valence electrons. The molecule has 0 heterocycles. The molecule has 1 aromatic rings. The summed E-state index contributed by atoms with van der Waals surface area (Å²) in [6.45, 7) is 6.05. The zero-order valence-electron chi connectivity index (χ0n) is 8.64. The Hall–Kier alpha value is -0.630. The number of rotatable bonds is 2. The molecule has 0 saturated heterocycles. The van der Waals surface area contributed by atoms with Gasteiger partial charge in [0.25, 0.3) is 0 Å². The maximum atomic E-state index is 9.88. The molecule has 0 atom stereocenters. The highest BCUT2D eigenvalue weighted by Crippen LogP contribution is 2.30. The number of benzene rings is 1. The van der Waals surface area contributed by atoms with E-state index in [0.29, 0.717) is 5.75 Å². The average molecular weight is 196 g/mol. The van der Waals surface area contributed by atoms with E-state index in [0.717, 1.165) is 16.9 Å². The van der Waals surface area contributed by atoms with Crippen molar-refractivity contribution in [2.24, 2.45) is 0 Å². The molecule has 0 radical (unpaired) electrons. The highest BCUT2D eigenvalue weighted by Gasteiger charge is 2.09. The van der Waals surface area contributed by atoms with Crippen LogP contribution in [-0.4, -0.2) is 11.4 Å². The second-order valence-corrected chi connectivity index (χ2v) is 4.26. The smallest absolute Gasteiger partial charge is 0.123 e. The minimum Gasteiger partial charge on any atom is -0.507 e. The van der Waals surface area contributed by atoms with E-state index in [1.807, 2.05) is 20.1 Å². The van der Waals surface area contributed by atoms with Gasteiger partial charge in [-0.15, -0.1) is 0 Å². The van der Waals surface area contributed by atoms with Gasteiger partial charge in [-0.25, -0.2) is 0 Å². The van der Waals surface area contributed by atoms with Crippen LogP contribution in [0.1, 0.15) is 22.3 Å². The van der Waals surface area contributed by atoms with Crippen LogP contribution >= 0.6 is 11.8 Å². The third-order valence-electron chi connectivity index (χ3n) is 2.43. The average Bonchev–Trinajstić information content (AvgIpc) is 2.09. The predicted octanol–water partition coefficient (Wildman–Crippen LogP) is 3.18. The molecule has 13 heavy (non-hydrogen) atoms. The van der Waals surface area contributed by atoms with Gasteiger partial charge in [0.1, 0.15) is 5.75 Å². The molecule has 0 saturated carbocycles. The quantitative estimate of drug-likeness (QED) is 0.784. The largest absolute Gasteiger partial charge is 0.507 e. The van der Waals surface area contributed by atoms with E-state index in [-0.39, 0.29) is 0 Å². The van der Waals surface area contributed by atoms with Gasteiger partial charge in [0, 0.05) is 11.3 Å². The van der Waals surface area contributed by atoms with Gasteiger partial charge in [-0.2, -0.15) is 11.8 Å². The first kappa shape index (κ1) is 10.5. The van der Waals surface area contributed by atoms with E-state index in [9.17, 15) is 5.11 Å². The van der Waals surface area contributed by atoms with Crippen molar-refractivity contribution in [3.05, 3.63) is 28.3 Å². The van der Waals surface area contributed by atoms with Crippen LogP contribution in [0.2, 0.25) is 0 Å². The van der Waals surface area contributed by atoms with Crippen LogP contribution in [0.5, 0.6) is 5.75 Å². The van der Waals surface area contributed by atoms with Crippen LogP contribution in [0.3, 0.4) is 0 Å². The molecule has 0 spiro atoms. The van der Waals surface area contributed by atoms with Gasteiger partial charge in [0.2, 0.25) is 0 Å². The van der Waals surface area contributed by atoms with E-state index >= 15 is 0 Å². The second kappa shape index (κ2) is 4.05. The molecule has 0 bridgehead atoms. The zero-order valence-corrected chi connectivity index (χ0v) is 9.46. The van der Waals surface area contributed by atoms with Crippen LogP contribution in [0.4, 0.5) is 0 Å². The summed E-state index contributed by atoms with van der Waals surface area (Å²) in [4.78, 5) is 0. The molecule has 0 aliphatic rings. The van der Waals surface area contributed by atoms with Gasteiger partial charge >= 0.3 is 0 Å². The van der Waals surface area contributed by atoms with Gasteiger partial charge < -0.3 is 5.11 Å². The van der Waals surface area contributed by atoms with E-state index in [2.05, 4.69) is 13.0 Å². The number of aryl methyl sites for hydroxylation is 2. The molecule has 0 aliphatic heterocycles. The highest BCUT2D eigenvalue weighted by molar-refractivity contribution is 7.97. The Morgan fingerprint density at radius 1 is 1.23 bits per heavy atom. The summed E-state index contributed by atoms with van der Waals surface area (Å²) in [6, 6.07) is 2.14. The minimum atomic E-state index is 0.479. The first-order chi connectivity index (χ1) is 6.07. The topological polar surface area (TPSA) is 20.2 Å². The lowest BCUT2D eigenvalue weighted by Crippen LogP contribution is -1.93. The Morgan fingerprint density at radius 2 is 1.85 bits per heavy atom. The molecular weight excluding hydrogens is 180 g/mol. The van der Waals surface area contributed by atoms with Crippen molar-refractivity contribution < 1.29 is 5.11 Å². The lowest BCUT2D eigenvalue weighted by molar-refractivity contribution is 0.465. The molecule has 0 aromatic heterocycles. The van der Waals surface area contributed by atoms with Crippen molar-refractivity contribution in [2.45, 2.75) is 26.5 Å². The third-order valence-corrected chi connectivity index (χ3v) is 3.01. The molecule has 2 heteroatoms. The van der Waals surface area contributed by atoms with Gasteiger partial charge in [-0.05, 0) is 43.7 Å². The number of aromatic hydroxyl groups is 1. The lowest BCUT2D eigenvalue weighted by atomic mass is 10.0. The maximum absolute atomic E-state index is 9.88. The zero-order chi connectivity index (χ0) is 10.0. The molecule has 1 rings (SSSR count). The Morgan fingerprint density at radius 3 is 2.38 bits per heavy atom. The number of phenols is 1. The van der Waals surface area contributed by atoms with Crippen molar-refractivity contribution in [3.63, 3.8) is 0 Å². The summed E-state index contributed by atoms with van der Waals surface area (Å²) in [6.07, 6.45) is 2.05. The van der Waals surface area contributed by atoms with Crippen molar-refractivity contribution in [1.29, 1.82) is 0 Å². The normalized spacial score (nSPS) is 10.5. The predicted molar refractivity (Wildman–Crippen MR) is 59.5 cm³/mol. The Bertz CT molecular complexity index is 318. The first-order valence-corrected chi connectivity index (χ1v) is 5.75. The van der Waals surface area contributed by atoms with E-state index in [1.54, 1.807) is 11.8 Å². The van der Waals surface area contributed by atoms with Crippen molar-refractivity contribution >= 4 is 11.8 Å². The number of hydrogen-bond donors (Lipinski definition) is 1. The van der Waals surface area contributed by atoms with E-state index in [4.69, 9.17) is 0 Å². The van der Waals surface area contributed by atoms with Crippen LogP contribution in [-0.2, 0) is 5.75 Å². The molecule has 0 fully saturated rings. The monoisotopic (exact) mass is 196 g/mol. The second-order valence-electron chi connectivity index (χ2n) is 3.40. The fourth-order valence-corrected chi connectivity index (χ4v) is 2.10. The van der Waals surface area contributed by atoms with Crippen molar-refractivity contribution in [3.8, 4) is 5.75 Å². The summed E-state index contributed by atoms with van der Waals surface area (Å²) in [5.41, 5.74) is 4.44. The molecule has 1 N–H and O–H groups in total. The van der Waals surface area contributed by atoms with Crippen LogP contribution < -0.4 is 0 Å². The Kier molecular flexibility index (Phi) is 3.26. The molecule has 0 amide bonds. The minimum absolute atomic E-state index is 0.479. The SMILES string of the molecule is CSCc1c(C)cc(C)c(C)c1O. The van der Waals surface area contributed by atoms with Crippen LogP contribution in [0, 0.1) is 20.8 Å². The molecular formula is C11H16OS. The summed E-state index contributed by atoms with van der Waals surface area (Å²) in [7, 11) is 0. The number of thioether (sulfide) groups is 1. The fraction of sp³-hybridized carbons (Fsp3) is 0.455. The number of hydrogen-bond acceptors (Lipinski definition) is 2. The highest BCUT2D eigenvalue weighted by atomic mass is 32.2. The molecule has 0 aliphatic carbocycles. The summed E-state index contributed by atoms with van der Waals surface area (Å²) < 4.78 is 0. The van der Waals surface area contributed by atoms with E-state index in [1.165, 1.54) is 11.1 Å². The first-order valence-electron chi connectivity index (χ1n) is 4.35. The standard InChI is InChI=1S/C11H16OS/c1-7-5-8(2)10(6-13-4)11(12)9(7)3/h5,12H,6H2,1-4H3. The number of phenolic OH excluding ortho intramolecular Hbond substituents is 1. The van der Waals surface area contributed by atoms with Crippen molar-refractivity contribution in [1.82, 2.24) is 0 Å². The summed E-state index contributed by atoms with van der Waals surface area (Å²) in [5, 5.41) is 9.88. The summed E-state index contributed by atoms with van der Waals surface area (Å²) in [5.74, 6) is 1.37. The maximum Gasteiger partial charge on any atom is 0.123 e. The van der Waals surface area contributed by atoms with Gasteiger partial charge in [0.05, 0.1) is 0 Å². The van der Waals surface area contributed by atoms with Gasteiger partial charge in [-0.3, -0.25) is 0 Å². The Labute approximate surface area is 84.2 Å². The molecule has 1 nitrogen and oxygen atoms in total. The fourth-order valence-electron chi connectivity index (χ4n) is 1.45. The van der Waals surface area contributed by atoms with Crippen molar-refractivity contribution in [2.75, 3.05) is 6.26 Å². The summed E-state index contributed by atoms with van der Waals surface area (Å²) >= 11 is 1.74. The van der Waals surface area contributed by atoms with Crippen LogP contribution in [0.25, 0.3) is 0 Å². The molecule has 0 unspecified atom stereocenters. The third kappa shape index (κ3) is 1.99. The van der Waals surface area contributed by atoms with Gasteiger partial charge in [0.15, 0.2) is 0 Å². The molecule has 1 aromatic carbocycles. The lowest BCUT2D eigenvalue weighted by Gasteiger charge is -2.12.